The Hall–Kier alpha value is -2.45. The standard InChI is InChI=1S/C36H55BrN4O4Si2/c1-36(2,3)45-35(42)40-20-12-15-33(40)34-38-31(25-39(34)26-43-21-23-46(4,5)6)28-16-18-29(19-17-28)41(27-44-22-24-47(7,8)9)32-14-11-10-13-30(32)37/h10-11,13-14,16-19,25,33H,12,15,20-24,26-27H2,1-9H3/t33-/m0/s1. The Morgan fingerprint density at radius 1 is 0.957 bits per heavy atom. The van der Waals surface area contributed by atoms with E-state index in [0.717, 1.165) is 64.5 Å². The fourth-order valence-corrected chi connectivity index (χ4v) is 7.37. The fourth-order valence-electron chi connectivity index (χ4n) is 5.35. The number of ether oxygens (including phenoxy) is 3. The van der Waals surface area contributed by atoms with Gasteiger partial charge in [-0.1, -0.05) is 63.5 Å². The molecular weight excluding hydrogens is 688 g/mol. The number of rotatable bonds is 14. The number of benzene rings is 2. The van der Waals surface area contributed by atoms with Gasteiger partial charge in [0.15, 0.2) is 0 Å². The number of amides is 1. The number of para-hydroxylation sites is 1. The molecule has 1 fully saturated rings. The Balaban J connectivity index is 1.61. The van der Waals surface area contributed by atoms with Gasteiger partial charge in [0.1, 0.15) is 24.9 Å². The average Bonchev–Trinajstić information content (AvgIpc) is 3.62. The molecule has 2 heterocycles. The van der Waals surface area contributed by atoms with E-state index < -0.39 is 21.7 Å². The van der Waals surface area contributed by atoms with Crippen LogP contribution in [0.2, 0.25) is 51.4 Å². The summed E-state index contributed by atoms with van der Waals surface area (Å²) in [5, 5.41) is 0. The number of anilines is 2. The van der Waals surface area contributed by atoms with E-state index in [0.29, 0.717) is 26.6 Å². The molecule has 0 aliphatic carbocycles. The van der Waals surface area contributed by atoms with Gasteiger partial charge in [-0.05, 0) is 85.9 Å². The minimum absolute atomic E-state index is 0.169. The molecule has 0 spiro atoms. The molecule has 0 N–H and O–H groups in total. The van der Waals surface area contributed by atoms with E-state index in [9.17, 15) is 4.79 Å². The normalized spacial score (nSPS) is 15.7. The zero-order valence-electron chi connectivity index (χ0n) is 29.9. The Bertz CT molecular complexity index is 1460. The van der Waals surface area contributed by atoms with Gasteiger partial charge in [-0.15, -0.1) is 0 Å². The smallest absolute Gasteiger partial charge is 0.410 e. The molecule has 1 amide bonds. The quantitative estimate of drug-likeness (QED) is 0.0931. The molecule has 11 heteroatoms. The van der Waals surface area contributed by atoms with Gasteiger partial charge >= 0.3 is 6.09 Å². The van der Waals surface area contributed by atoms with Crippen LogP contribution in [0.4, 0.5) is 16.2 Å². The van der Waals surface area contributed by atoms with Crippen molar-refractivity contribution in [1.29, 1.82) is 0 Å². The van der Waals surface area contributed by atoms with Crippen LogP contribution >= 0.6 is 15.9 Å². The lowest BCUT2D eigenvalue weighted by atomic mass is 10.1. The molecule has 2 aromatic carbocycles. The second kappa shape index (κ2) is 15.8. The molecular formula is C36H55BrN4O4Si2. The molecule has 4 rings (SSSR count). The Morgan fingerprint density at radius 3 is 2.21 bits per heavy atom. The molecule has 1 atom stereocenters. The van der Waals surface area contributed by atoms with Crippen molar-refractivity contribution in [3.63, 3.8) is 0 Å². The van der Waals surface area contributed by atoms with Crippen LogP contribution in [-0.2, 0) is 20.9 Å². The number of halogens is 1. The summed E-state index contributed by atoms with van der Waals surface area (Å²) < 4.78 is 21.3. The first-order valence-electron chi connectivity index (χ1n) is 16.9. The number of carbonyl (C=O) groups excluding carboxylic acids is 1. The van der Waals surface area contributed by atoms with E-state index in [2.05, 4.69) is 107 Å². The topological polar surface area (TPSA) is 69.1 Å². The van der Waals surface area contributed by atoms with Gasteiger partial charge in [0.05, 0.1) is 17.4 Å². The highest BCUT2D eigenvalue weighted by atomic mass is 79.9. The van der Waals surface area contributed by atoms with Gasteiger partial charge in [0.2, 0.25) is 0 Å². The third kappa shape index (κ3) is 11.3. The van der Waals surface area contributed by atoms with Gasteiger partial charge in [0.25, 0.3) is 0 Å². The van der Waals surface area contributed by atoms with E-state index in [4.69, 9.17) is 19.2 Å². The first-order valence-corrected chi connectivity index (χ1v) is 25.1. The second-order valence-electron chi connectivity index (χ2n) is 15.9. The lowest BCUT2D eigenvalue weighted by Crippen LogP contribution is -2.37. The van der Waals surface area contributed by atoms with Gasteiger partial charge in [-0.2, -0.15) is 0 Å². The number of imidazole rings is 1. The van der Waals surface area contributed by atoms with Crippen molar-refractivity contribution < 1.29 is 19.0 Å². The van der Waals surface area contributed by atoms with Crippen molar-refractivity contribution in [3.8, 4) is 11.3 Å². The number of hydrogen-bond acceptors (Lipinski definition) is 6. The van der Waals surface area contributed by atoms with Crippen LogP contribution in [0.3, 0.4) is 0 Å². The summed E-state index contributed by atoms with van der Waals surface area (Å²) in [6.45, 7) is 22.9. The average molecular weight is 744 g/mol. The third-order valence-corrected chi connectivity index (χ3v) is 12.1. The maximum Gasteiger partial charge on any atom is 0.410 e. The molecule has 1 aromatic heterocycles. The third-order valence-electron chi connectivity index (χ3n) is 8.05. The van der Waals surface area contributed by atoms with Crippen molar-refractivity contribution in [2.75, 3.05) is 31.4 Å². The summed E-state index contributed by atoms with van der Waals surface area (Å²) in [5.41, 5.74) is 3.39. The zero-order valence-corrected chi connectivity index (χ0v) is 33.5. The highest BCUT2D eigenvalue weighted by molar-refractivity contribution is 9.10. The van der Waals surface area contributed by atoms with Crippen molar-refractivity contribution in [2.24, 2.45) is 0 Å². The molecule has 0 saturated carbocycles. The maximum atomic E-state index is 13.2. The largest absolute Gasteiger partial charge is 0.444 e. The number of likely N-dealkylation sites (tertiary alicyclic amines) is 1. The molecule has 258 valence electrons. The summed E-state index contributed by atoms with van der Waals surface area (Å²) in [5.74, 6) is 0.839. The number of hydrogen-bond donors (Lipinski definition) is 0. The molecule has 0 radical (unpaired) electrons. The Morgan fingerprint density at radius 2 is 1.60 bits per heavy atom. The molecule has 0 bridgehead atoms. The summed E-state index contributed by atoms with van der Waals surface area (Å²) in [6.07, 6.45) is 3.51. The number of nitrogens with zero attached hydrogens (tertiary/aromatic N) is 4. The SMILES string of the molecule is CC(C)(C)OC(=O)N1CCC[C@H]1c1nc(-c2ccc(N(COCC[Si](C)(C)C)c3ccccc3Br)cc2)cn1COCC[Si](C)(C)C. The van der Waals surface area contributed by atoms with E-state index in [1.807, 2.05) is 37.8 Å². The lowest BCUT2D eigenvalue weighted by Gasteiger charge is -2.28. The summed E-state index contributed by atoms with van der Waals surface area (Å²) >= 11 is 3.75. The van der Waals surface area contributed by atoms with E-state index in [-0.39, 0.29) is 12.1 Å². The fraction of sp³-hybridized carbons (Fsp3) is 0.556. The van der Waals surface area contributed by atoms with Crippen molar-refractivity contribution >= 4 is 49.5 Å². The first-order chi connectivity index (χ1) is 22.0. The minimum Gasteiger partial charge on any atom is -0.444 e. The zero-order chi connectivity index (χ0) is 34.4. The van der Waals surface area contributed by atoms with Crippen LogP contribution in [-0.4, -0.2) is 68.8 Å². The van der Waals surface area contributed by atoms with Crippen LogP contribution in [0, 0.1) is 0 Å². The van der Waals surface area contributed by atoms with Crippen molar-refractivity contribution in [1.82, 2.24) is 14.5 Å². The molecule has 1 aliphatic rings. The minimum atomic E-state index is -1.23. The predicted octanol–water partition coefficient (Wildman–Crippen LogP) is 10.1. The Labute approximate surface area is 292 Å². The molecule has 1 saturated heterocycles. The van der Waals surface area contributed by atoms with Crippen LogP contribution in [0.25, 0.3) is 11.3 Å². The van der Waals surface area contributed by atoms with Gasteiger partial charge in [0, 0.05) is 57.8 Å². The highest BCUT2D eigenvalue weighted by Crippen LogP contribution is 2.36. The second-order valence-corrected chi connectivity index (χ2v) is 28.0. The van der Waals surface area contributed by atoms with Crippen molar-refractivity contribution in [3.05, 3.63) is 65.0 Å². The van der Waals surface area contributed by atoms with Crippen LogP contribution in [0.15, 0.2) is 59.2 Å². The van der Waals surface area contributed by atoms with Crippen LogP contribution in [0.5, 0.6) is 0 Å². The lowest BCUT2D eigenvalue weighted by molar-refractivity contribution is 0.0204. The molecule has 1 aliphatic heterocycles. The summed E-state index contributed by atoms with van der Waals surface area (Å²) in [4.78, 5) is 22.4. The highest BCUT2D eigenvalue weighted by Gasteiger charge is 2.36. The maximum absolute atomic E-state index is 13.2. The van der Waals surface area contributed by atoms with E-state index in [1.54, 1.807) is 0 Å². The van der Waals surface area contributed by atoms with Crippen LogP contribution in [0.1, 0.15) is 45.5 Å². The molecule has 0 unspecified atom stereocenters. The number of carbonyl (C=O) groups is 1. The van der Waals surface area contributed by atoms with Gasteiger partial charge in [-0.3, -0.25) is 4.90 Å². The van der Waals surface area contributed by atoms with E-state index in [1.165, 1.54) is 0 Å². The van der Waals surface area contributed by atoms with Gasteiger partial charge in [-0.25, -0.2) is 9.78 Å². The molecule has 8 nitrogen and oxygen atoms in total. The molecule has 47 heavy (non-hydrogen) atoms. The summed E-state index contributed by atoms with van der Waals surface area (Å²) in [7, 11) is -2.42. The number of aromatic nitrogens is 2. The molecule has 3 aromatic rings. The van der Waals surface area contributed by atoms with Gasteiger partial charge < -0.3 is 23.7 Å². The van der Waals surface area contributed by atoms with Crippen LogP contribution < -0.4 is 4.90 Å². The predicted molar refractivity (Wildman–Crippen MR) is 202 cm³/mol. The first kappa shape index (κ1) is 37.4. The summed E-state index contributed by atoms with van der Waals surface area (Å²) in [6, 6.07) is 18.8. The van der Waals surface area contributed by atoms with E-state index >= 15 is 0 Å². The Kier molecular flexibility index (Phi) is 12.6. The van der Waals surface area contributed by atoms with Crippen molar-refractivity contribution in [2.45, 2.75) is 103 Å². The monoisotopic (exact) mass is 742 g/mol.